The minimum atomic E-state index is 0.139. The van der Waals surface area contributed by atoms with Gasteiger partial charge in [-0.1, -0.05) is 39.3 Å². The maximum absolute atomic E-state index is 12.5. The second-order valence-electron chi connectivity index (χ2n) is 8.00. The molecular formula is C23H26BrClN2O2S. The molecule has 1 atom stereocenters. The van der Waals surface area contributed by atoms with Gasteiger partial charge in [-0.15, -0.1) is 0 Å². The van der Waals surface area contributed by atoms with E-state index in [4.69, 9.17) is 16.3 Å². The molecule has 7 heteroatoms. The molecule has 160 valence electrons. The Morgan fingerprint density at radius 3 is 2.60 bits per heavy atom. The first-order valence-electron chi connectivity index (χ1n) is 10.3. The van der Waals surface area contributed by atoms with Gasteiger partial charge < -0.3 is 14.5 Å². The monoisotopic (exact) mass is 508 g/mol. The highest BCUT2D eigenvalue weighted by Gasteiger charge is 2.33. The predicted octanol–water partition coefficient (Wildman–Crippen LogP) is 6.11. The molecule has 2 aromatic rings. The summed E-state index contributed by atoms with van der Waals surface area (Å²) in [6.45, 7) is 3.93. The standard InChI is InChI=1S/C23H26BrClN2O2S/c1-29-20-6-7-22(24)17(13-20)12-16-8-10-26(11-9-16)14-21-15-27(23(28)30-21)19-4-2-18(25)3-5-19/h2-7,13,16,21H,8-12,14-15H2,1H3. The van der Waals surface area contributed by atoms with E-state index in [1.165, 1.54) is 30.2 Å². The van der Waals surface area contributed by atoms with Crippen LogP contribution in [0.5, 0.6) is 5.75 Å². The number of hydrogen-bond acceptors (Lipinski definition) is 4. The molecule has 2 aliphatic rings. The quantitative estimate of drug-likeness (QED) is 0.470. The molecule has 2 aliphatic heterocycles. The first kappa shape index (κ1) is 22.0. The van der Waals surface area contributed by atoms with Crippen LogP contribution in [-0.2, 0) is 6.42 Å². The molecule has 4 rings (SSSR count). The minimum Gasteiger partial charge on any atom is -0.497 e. The number of likely N-dealkylation sites (tertiary alicyclic amines) is 1. The Kier molecular flexibility index (Phi) is 7.29. The number of piperidine rings is 1. The van der Waals surface area contributed by atoms with E-state index in [-0.39, 0.29) is 5.24 Å². The molecule has 1 amide bonds. The van der Waals surface area contributed by atoms with E-state index in [0.717, 1.165) is 48.5 Å². The zero-order chi connectivity index (χ0) is 21.1. The Hall–Kier alpha value is -1.21. The largest absolute Gasteiger partial charge is 0.497 e. The van der Waals surface area contributed by atoms with Gasteiger partial charge in [0.25, 0.3) is 5.24 Å². The number of anilines is 1. The lowest BCUT2D eigenvalue weighted by molar-refractivity contribution is 0.185. The van der Waals surface area contributed by atoms with Crippen molar-refractivity contribution >= 4 is 50.2 Å². The lowest BCUT2D eigenvalue weighted by atomic mass is 9.90. The van der Waals surface area contributed by atoms with Crippen molar-refractivity contribution in [1.82, 2.24) is 4.90 Å². The lowest BCUT2D eigenvalue weighted by Crippen LogP contribution is -2.39. The number of halogens is 2. The second-order valence-corrected chi connectivity index (χ2v) is 10.5. The SMILES string of the molecule is COc1ccc(Br)c(CC2CCN(CC3CN(c4ccc(Cl)cc4)C(=O)S3)CC2)c1. The molecule has 2 heterocycles. The molecule has 0 aliphatic carbocycles. The van der Waals surface area contributed by atoms with Gasteiger partial charge in [0.15, 0.2) is 0 Å². The van der Waals surface area contributed by atoms with E-state index in [2.05, 4.69) is 33.0 Å². The van der Waals surface area contributed by atoms with Crippen LogP contribution in [0.3, 0.4) is 0 Å². The van der Waals surface area contributed by atoms with Crippen LogP contribution in [-0.4, -0.2) is 48.7 Å². The maximum Gasteiger partial charge on any atom is 0.286 e. The number of ether oxygens (including phenoxy) is 1. The van der Waals surface area contributed by atoms with Crippen LogP contribution in [0.25, 0.3) is 0 Å². The van der Waals surface area contributed by atoms with Gasteiger partial charge >= 0.3 is 0 Å². The van der Waals surface area contributed by atoms with Crippen LogP contribution >= 0.6 is 39.3 Å². The third-order valence-corrected chi connectivity index (χ3v) is 8.02. The van der Waals surface area contributed by atoms with E-state index in [0.29, 0.717) is 16.2 Å². The van der Waals surface area contributed by atoms with Crippen LogP contribution in [0, 0.1) is 5.92 Å². The number of carbonyl (C=O) groups excluding carboxylic acids is 1. The first-order valence-corrected chi connectivity index (χ1v) is 12.4. The number of amides is 1. The normalized spacial score (nSPS) is 20.7. The van der Waals surface area contributed by atoms with Crippen LogP contribution < -0.4 is 9.64 Å². The summed E-state index contributed by atoms with van der Waals surface area (Å²) in [5, 5.41) is 1.15. The fourth-order valence-electron chi connectivity index (χ4n) is 4.26. The first-order chi connectivity index (χ1) is 14.5. The van der Waals surface area contributed by atoms with E-state index in [1.807, 2.05) is 35.2 Å². The number of benzene rings is 2. The van der Waals surface area contributed by atoms with Crippen LogP contribution in [0.2, 0.25) is 5.02 Å². The molecule has 2 fully saturated rings. The summed E-state index contributed by atoms with van der Waals surface area (Å²) >= 11 is 11.1. The Morgan fingerprint density at radius 1 is 1.17 bits per heavy atom. The van der Waals surface area contributed by atoms with E-state index in [1.54, 1.807) is 7.11 Å². The van der Waals surface area contributed by atoms with E-state index < -0.39 is 0 Å². The van der Waals surface area contributed by atoms with Crippen molar-refractivity contribution in [2.75, 3.05) is 38.2 Å². The molecule has 0 bridgehead atoms. The Bertz CT molecular complexity index is 887. The van der Waals surface area contributed by atoms with Gasteiger partial charge in [0.05, 0.1) is 7.11 Å². The topological polar surface area (TPSA) is 32.8 Å². The van der Waals surface area contributed by atoms with Crippen LogP contribution in [0.15, 0.2) is 46.9 Å². The van der Waals surface area contributed by atoms with Crippen molar-refractivity contribution in [3.05, 3.63) is 57.5 Å². The molecule has 30 heavy (non-hydrogen) atoms. The Balaban J connectivity index is 1.27. The maximum atomic E-state index is 12.5. The third-order valence-electron chi connectivity index (χ3n) is 5.94. The van der Waals surface area contributed by atoms with Crippen molar-refractivity contribution in [1.29, 1.82) is 0 Å². The molecule has 1 unspecified atom stereocenters. The summed E-state index contributed by atoms with van der Waals surface area (Å²) in [7, 11) is 1.71. The highest BCUT2D eigenvalue weighted by atomic mass is 79.9. The fraction of sp³-hybridized carbons (Fsp3) is 0.435. The summed E-state index contributed by atoms with van der Waals surface area (Å²) in [4.78, 5) is 16.9. The number of carbonyl (C=O) groups is 1. The van der Waals surface area contributed by atoms with Crippen molar-refractivity contribution in [3.8, 4) is 5.75 Å². The van der Waals surface area contributed by atoms with Crippen molar-refractivity contribution < 1.29 is 9.53 Å². The lowest BCUT2D eigenvalue weighted by Gasteiger charge is -2.33. The molecule has 0 N–H and O–H groups in total. The molecule has 2 saturated heterocycles. The summed E-state index contributed by atoms with van der Waals surface area (Å²) < 4.78 is 6.54. The minimum absolute atomic E-state index is 0.139. The summed E-state index contributed by atoms with van der Waals surface area (Å²) in [6.07, 6.45) is 3.46. The van der Waals surface area contributed by atoms with Gasteiger partial charge in [-0.25, -0.2) is 0 Å². The van der Waals surface area contributed by atoms with Gasteiger partial charge in [-0.2, -0.15) is 0 Å². The van der Waals surface area contributed by atoms with Gasteiger partial charge in [-0.05, 0) is 86.3 Å². The number of thioether (sulfide) groups is 1. The van der Waals surface area contributed by atoms with Gasteiger partial charge in [-0.3, -0.25) is 4.79 Å². The zero-order valence-electron chi connectivity index (χ0n) is 17.0. The molecule has 0 radical (unpaired) electrons. The number of nitrogens with zero attached hydrogens (tertiary/aromatic N) is 2. The molecule has 0 spiro atoms. The number of rotatable bonds is 6. The summed E-state index contributed by atoms with van der Waals surface area (Å²) in [5.74, 6) is 1.60. The molecule has 2 aromatic carbocycles. The van der Waals surface area contributed by atoms with Crippen molar-refractivity contribution in [3.63, 3.8) is 0 Å². The highest BCUT2D eigenvalue weighted by Crippen LogP contribution is 2.33. The number of hydrogen-bond donors (Lipinski definition) is 0. The zero-order valence-corrected chi connectivity index (χ0v) is 20.2. The predicted molar refractivity (Wildman–Crippen MR) is 129 cm³/mol. The van der Waals surface area contributed by atoms with Gasteiger partial charge in [0.2, 0.25) is 0 Å². The molecular weight excluding hydrogens is 484 g/mol. The van der Waals surface area contributed by atoms with Crippen LogP contribution in [0.1, 0.15) is 18.4 Å². The van der Waals surface area contributed by atoms with Crippen molar-refractivity contribution in [2.24, 2.45) is 5.92 Å². The van der Waals surface area contributed by atoms with Gasteiger partial charge in [0.1, 0.15) is 5.75 Å². The van der Waals surface area contributed by atoms with E-state index in [9.17, 15) is 4.79 Å². The van der Waals surface area contributed by atoms with E-state index >= 15 is 0 Å². The summed E-state index contributed by atoms with van der Waals surface area (Å²) in [5.41, 5.74) is 2.25. The molecule has 0 aromatic heterocycles. The molecule has 0 saturated carbocycles. The molecule has 4 nitrogen and oxygen atoms in total. The van der Waals surface area contributed by atoms with Crippen LogP contribution in [0.4, 0.5) is 10.5 Å². The number of methoxy groups -OCH3 is 1. The average Bonchev–Trinajstić information content (AvgIpc) is 3.11. The average molecular weight is 510 g/mol. The van der Waals surface area contributed by atoms with Gasteiger partial charge in [0, 0.05) is 33.5 Å². The highest BCUT2D eigenvalue weighted by molar-refractivity contribution is 9.10. The summed E-state index contributed by atoms with van der Waals surface area (Å²) in [6, 6.07) is 13.7. The fourth-order valence-corrected chi connectivity index (χ4v) is 5.89. The Labute approximate surface area is 196 Å². The second kappa shape index (κ2) is 9.94. The third kappa shape index (κ3) is 5.34. The smallest absolute Gasteiger partial charge is 0.286 e. The Morgan fingerprint density at radius 2 is 1.90 bits per heavy atom. The van der Waals surface area contributed by atoms with Crippen molar-refractivity contribution in [2.45, 2.75) is 24.5 Å².